The summed E-state index contributed by atoms with van der Waals surface area (Å²) in [6.07, 6.45) is 0.327. The van der Waals surface area contributed by atoms with E-state index in [0.29, 0.717) is 19.1 Å². The van der Waals surface area contributed by atoms with Gasteiger partial charge in [-0.15, -0.1) is 0 Å². The van der Waals surface area contributed by atoms with Crippen LogP contribution in [0.25, 0.3) is 10.2 Å². The number of hydrogen-bond donors (Lipinski definition) is 0. The first kappa shape index (κ1) is 21.1. The molecular formula is C23H26ClN3O2S. The molecule has 30 heavy (non-hydrogen) atoms. The standard InChI is InChI=1S/C23H26ClN3O2S/c1-3-29-22(28)12-17-5-4-6-18(11-17)15-26-9-10-27(16(2)14-26)23-25-20-8-7-19(24)13-21(20)30-23/h4-8,11,13,16H,3,9-10,12,14-15H2,1-2H3/t16-/m1/s1. The Kier molecular flexibility index (Phi) is 6.56. The van der Waals surface area contributed by atoms with Crippen molar-refractivity contribution >= 4 is 44.3 Å². The molecule has 0 bridgehead atoms. The van der Waals surface area contributed by atoms with E-state index < -0.39 is 0 Å². The number of piperazine rings is 1. The number of anilines is 1. The largest absolute Gasteiger partial charge is 0.466 e. The fourth-order valence-electron chi connectivity index (χ4n) is 3.94. The van der Waals surface area contributed by atoms with Gasteiger partial charge in [0.1, 0.15) is 0 Å². The van der Waals surface area contributed by atoms with Crippen molar-refractivity contribution in [3.63, 3.8) is 0 Å². The van der Waals surface area contributed by atoms with Gasteiger partial charge in [-0.2, -0.15) is 0 Å². The predicted molar refractivity (Wildman–Crippen MR) is 123 cm³/mol. The number of rotatable bonds is 6. The van der Waals surface area contributed by atoms with Gasteiger partial charge in [0, 0.05) is 37.2 Å². The highest BCUT2D eigenvalue weighted by atomic mass is 35.5. The van der Waals surface area contributed by atoms with Crippen LogP contribution in [0.15, 0.2) is 42.5 Å². The quantitative estimate of drug-likeness (QED) is 0.513. The minimum atomic E-state index is -0.172. The van der Waals surface area contributed by atoms with E-state index in [4.69, 9.17) is 21.3 Å². The van der Waals surface area contributed by atoms with Gasteiger partial charge in [0.2, 0.25) is 0 Å². The van der Waals surface area contributed by atoms with E-state index in [0.717, 1.165) is 52.1 Å². The van der Waals surface area contributed by atoms with E-state index in [-0.39, 0.29) is 5.97 Å². The molecule has 0 N–H and O–H groups in total. The molecule has 0 amide bonds. The summed E-state index contributed by atoms with van der Waals surface area (Å²) >= 11 is 7.83. The van der Waals surface area contributed by atoms with Crippen molar-refractivity contribution < 1.29 is 9.53 Å². The van der Waals surface area contributed by atoms with Crippen LogP contribution in [0.3, 0.4) is 0 Å². The number of esters is 1. The Morgan fingerprint density at radius 2 is 2.07 bits per heavy atom. The SMILES string of the molecule is CCOC(=O)Cc1cccc(CN2CCN(c3nc4ccc(Cl)cc4s3)[C@H](C)C2)c1. The molecule has 0 saturated carbocycles. The maximum absolute atomic E-state index is 11.8. The number of ether oxygens (including phenoxy) is 1. The summed E-state index contributed by atoms with van der Waals surface area (Å²) in [7, 11) is 0. The third-order valence-electron chi connectivity index (χ3n) is 5.35. The van der Waals surface area contributed by atoms with E-state index in [1.807, 2.05) is 37.3 Å². The summed E-state index contributed by atoms with van der Waals surface area (Å²) < 4.78 is 6.19. The molecule has 7 heteroatoms. The predicted octanol–water partition coefficient (Wildman–Crippen LogP) is 4.77. The van der Waals surface area contributed by atoms with Crippen LogP contribution < -0.4 is 4.90 Å². The maximum Gasteiger partial charge on any atom is 0.310 e. The van der Waals surface area contributed by atoms with Gasteiger partial charge in [0.05, 0.1) is 23.2 Å². The Hall–Kier alpha value is -2.15. The van der Waals surface area contributed by atoms with Crippen LogP contribution in [-0.4, -0.2) is 48.1 Å². The lowest BCUT2D eigenvalue weighted by atomic mass is 10.1. The van der Waals surface area contributed by atoms with E-state index >= 15 is 0 Å². The molecule has 1 aromatic heterocycles. The average molecular weight is 444 g/mol. The molecule has 0 spiro atoms. The molecule has 1 atom stereocenters. The molecule has 1 saturated heterocycles. The van der Waals surface area contributed by atoms with Gasteiger partial charge in [0.15, 0.2) is 5.13 Å². The summed E-state index contributed by atoms with van der Waals surface area (Å²) in [5.41, 5.74) is 3.24. The summed E-state index contributed by atoms with van der Waals surface area (Å²) in [6.45, 7) is 8.27. The summed E-state index contributed by atoms with van der Waals surface area (Å²) in [5, 5.41) is 1.82. The number of fused-ring (bicyclic) bond motifs is 1. The summed E-state index contributed by atoms with van der Waals surface area (Å²) in [4.78, 5) is 21.4. The number of thiazole rings is 1. The van der Waals surface area contributed by atoms with Crippen LogP contribution >= 0.6 is 22.9 Å². The number of aromatic nitrogens is 1. The topological polar surface area (TPSA) is 45.7 Å². The van der Waals surface area contributed by atoms with E-state index in [9.17, 15) is 4.79 Å². The van der Waals surface area contributed by atoms with Crippen molar-refractivity contribution in [1.29, 1.82) is 0 Å². The highest BCUT2D eigenvalue weighted by molar-refractivity contribution is 7.22. The Bertz CT molecular complexity index is 1040. The number of benzene rings is 2. The number of nitrogens with zero attached hydrogens (tertiary/aromatic N) is 3. The van der Waals surface area contributed by atoms with Crippen LogP contribution in [-0.2, 0) is 22.5 Å². The van der Waals surface area contributed by atoms with E-state index in [1.165, 1.54) is 5.56 Å². The second-order valence-corrected chi connectivity index (χ2v) is 9.13. The summed E-state index contributed by atoms with van der Waals surface area (Å²) in [6, 6.07) is 14.5. The van der Waals surface area contributed by atoms with Gasteiger partial charge in [-0.1, -0.05) is 47.2 Å². The molecule has 0 aliphatic carbocycles. The first-order valence-electron chi connectivity index (χ1n) is 10.3. The van der Waals surface area contributed by atoms with Gasteiger partial charge in [-0.05, 0) is 43.2 Å². The lowest BCUT2D eigenvalue weighted by Crippen LogP contribution is -2.51. The molecule has 0 unspecified atom stereocenters. The van der Waals surface area contributed by atoms with Crippen LogP contribution in [0.2, 0.25) is 5.02 Å². The monoisotopic (exact) mass is 443 g/mol. The zero-order valence-electron chi connectivity index (χ0n) is 17.3. The molecule has 0 radical (unpaired) electrons. The van der Waals surface area contributed by atoms with Crippen LogP contribution in [0.5, 0.6) is 0 Å². The summed E-state index contributed by atoms with van der Waals surface area (Å²) in [5.74, 6) is -0.172. The van der Waals surface area contributed by atoms with Crippen molar-refractivity contribution in [3.05, 3.63) is 58.6 Å². The van der Waals surface area contributed by atoms with Crippen LogP contribution in [0.4, 0.5) is 5.13 Å². The third-order valence-corrected chi connectivity index (χ3v) is 6.64. The minimum absolute atomic E-state index is 0.172. The first-order chi connectivity index (χ1) is 14.5. The highest BCUT2D eigenvalue weighted by Crippen LogP contribution is 2.32. The molecule has 2 aromatic carbocycles. The normalized spacial score (nSPS) is 17.4. The Morgan fingerprint density at radius 1 is 1.23 bits per heavy atom. The van der Waals surface area contributed by atoms with Gasteiger partial charge in [0.25, 0.3) is 0 Å². The number of carbonyl (C=O) groups excluding carboxylic acids is 1. The van der Waals surface area contributed by atoms with Gasteiger partial charge in [-0.3, -0.25) is 9.69 Å². The molecule has 2 heterocycles. The number of hydrogen-bond acceptors (Lipinski definition) is 6. The molecule has 3 aromatic rings. The van der Waals surface area contributed by atoms with Crippen LogP contribution in [0.1, 0.15) is 25.0 Å². The van der Waals surface area contributed by atoms with Gasteiger partial charge < -0.3 is 9.64 Å². The molecule has 4 rings (SSSR count). The fourth-order valence-corrected chi connectivity index (χ4v) is 5.31. The van der Waals surface area contributed by atoms with E-state index in [2.05, 4.69) is 28.9 Å². The van der Waals surface area contributed by atoms with Crippen molar-refractivity contribution in [2.75, 3.05) is 31.1 Å². The lowest BCUT2D eigenvalue weighted by Gasteiger charge is -2.39. The van der Waals surface area contributed by atoms with Gasteiger partial charge in [-0.25, -0.2) is 4.98 Å². The lowest BCUT2D eigenvalue weighted by molar-refractivity contribution is -0.142. The van der Waals surface area contributed by atoms with Crippen molar-refractivity contribution in [2.24, 2.45) is 0 Å². The molecule has 5 nitrogen and oxygen atoms in total. The molecule has 1 aliphatic rings. The van der Waals surface area contributed by atoms with Gasteiger partial charge >= 0.3 is 5.97 Å². The zero-order valence-corrected chi connectivity index (χ0v) is 18.9. The zero-order chi connectivity index (χ0) is 21.1. The second kappa shape index (κ2) is 9.33. The fraction of sp³-hybridized carbons (Fsp3) is 0.391. The minimum Gasteiger partial charge on any atom is -0.466 e. The molecule has 1 aliphatic heterocycles. The van der Waals surface area contributed by atoms with Crippen LogP contribution in [0, 0.1) is 0 Å². The Labute approximate surface area is 186 Å². The van der Waals surface area contributed by atoms with Crippen molar-refractivity contribution in [1.82, 2.24) is 9.88 Å². The number of halogens is 1. The third kappa shape index (κ3) is 4.94. The number of carbonyl (C=O) groups is 1. The second-order valence-electron chi connectivity index (χ2n) is 7.69. The molecule has 1 fully saturated rings. The van der Waals surface area contributed by atoms with E-state index in [1.54, 1.807) is 11.3 Å². The highest BCUT2D eigenvalue weighted by Gasteiger charge is 2.26. The Morgan fingerprint density at radius 3 is 2.87 bits per heavy atom. The smallest absolute Gasteiger partial charge is 0.310 e. The maximum atomic E-state index is 11.8. The molecular weight excluding hydrogens is 418 g/mol. The first-order valence-corrected chi connectivity index (χ1v) is 11.5. The van der Waals surface area contributed by atoms with Crippen molar-refractivity contribution in [2.45, 2.75) is 32.9 Å². The van der Waals surface area contributed by atoms with Crippen molar-refractivity contribution in [3.8, 4) is 0 Å². The average Bonchev–Trinajstić information content (AvgIpc) is 3.11. The Balaban J connectivity index is 1.39. The molecule has 158 valence electrons.